The maximum Gasteiger partial charge on any atom is 0.254 e. The molecule has 0 bridgehead atoms. The van der Waals surface area contributed by atoms with Crippen LogP contribution >= 0.6 is 11.6 Å². The molecule has 1 aliphatic rings. The quantitative estimate of drug-likeness (QED) is 0.839. The average molecular weight is 286 g/mol. The van der Waals surface area contributed by atoms with Crippen molar-refractivity contribution >= 4 is 17.5 Å². The predicted octanol–water partition coefficient (Wildman–Crippen LogP) is 3.06. The highest BCUT2D eigenvalue weighted by molar-refractivity contribution is 6.20. The summed E-state index contributed by atoms with van der Waals surface area (Å²) >= 11 is 6.02. The van der Waals surface area contributed by atoms with E-state index in [2.05, 4.69) is 5.32 Å². The molecule has 3 nitrogen and oxygen atoms in total. The zero-order valence-electron chi connectivity index (χ0n) is 10.5. The van der Waals surface area contributed by atoms with Crippen LogP contribution in [0.4, 0.5) is 4.39 Å². The van der Waals surface area contributed by atoms with Crippen molar-refractivity contribution in [1.82, 2.24) is 5.32 Å². The van der Waals surface area contributed by atoms with Crippen LogP contribution < -0.4 is 5.32 Å². The van der Waals surface area contributed by atoms with Crippen LogP contribution in [0.3, 0.4) is 0 Å². The third-order valence-electron chi connectivity index (χ3n) is 3.52. The summed E-state index contributed by atoms with van der Waals surface area (Å²) in [6.45, 7) is 0.544. The summed E-state index contributed by atoms with van der Waals surface area (Å²) in [5.74, 6) is -0.916. The molecule has 0 saturated heterocycles. The Balaban J connectivity index is 1.87. The monoisotopic (exact) mass is 285 g/mol. The summed E-state index contributed by atoms with van der Waals surface area (Å²) in [5, 5.41) is 12.1. The van der Waals surface area contributed by atoms with E-state index in [4.69, 9.17) is 16.7 Å². The van der Waals surface area contributed by atoms with E-state index >= 15 is 0 Å². The maximum atomic E-state index is 13.5. The fourth-order valence-corrected chi connectivity index (χ4v) is 2.60. The maximum absolute atomic E-state index is 13.5. The molecule has 1 aliphatic carbocycles. The Morgan fingerprint density at radius 3 is 2.68 bits per heavy atom. The smallest absolute Gasteiger partial charge is 0.254 e. The lowest BCUT2D eigenvalue weighted by Gasteiger charge is -2.25. The molecule has 0 atom stereocenters. The van der Waals surface area contributed by atoms with E-state index in [1.807, 2.05) is 0 Å². The van der Waals surface area contributed by atoms with Gasteiger partial charge >= 0.3 is 0 Å². The van der Waals surface area contributed by atoms with Crippen molar-refractivity contribution in [2.24, 2.45) is 5.92 Å². The van der Waals surface area contributed by atoms with Crippen molar-refractivity contribution in [1.29, 1.82) is 0 Å². The zero-order valence-corrected chi connectivity index (χ0v) is 11.3. The Labute approximate surface area is 116 Å². The molecule has 1 amide bonds. The molecule has 104 valence electrons. The molecule has 1 aromatic carbocycles. The number of halogens is 2. The Kier molecular flexibility index (Phi) is 4.64. The van der Waals surface area contributed by atoms with Crippen LogP contribution in [0.5, 0.6) is 5.75 Å². The Hall–Kier alpha value is -1.29. The number of carbonyl (C=O) groups excluding carboxylic acids is 1. The molecule has 1 fully saturated rings. The van der Waals surface area contributed by atoms with Gasteiger partial charge in [0.25, 0.3) is 5.91 Å². The minimum Gasteiger partial charge on any atom is -0.508 e. The number of amides is 1. The highest BCUT2D eigenvalue weighted by Crippen LogP contribution is 2.27. The van der Waals surface area contributed by atoms with E-state index in [9.17, 15) is 9.18 Å². The van der Waals surface area contributed by atoms with Crippen molar-refractivity contribution in [2.45, 2.75) is 31.1 Å². The number of hydrogen-bond acceptors (Lipinski definition) is 2. The van der Waals surface area contributed by atoms with Crippen LogP contribution in [0.1, 0.15) is 36.0 Å². The second-order valence-electron chi connectivity index (χ2n) is 4.99. The molecule has 0 unspecified atom stereocenters. The van der Waals surface area contributed by atoms with Gasteiger partial charge in [0, 0.05) is 18.0 Å². The summed E-state index contributed by atoms with van der Waals surface area (Å²) in [6, 6.07) is 3.53. The van der Waals surface area contributed by atoms with E-state index in [0.717, 1.165) is 31.7 Å². The molecular weight excluding hydrogens is 269 g/mol. The van der Waals surface area contributed by atoms with Crippen LogP contribution in [0.15, 0.2) is 18.2 Å². The van der Waals surface area contributed by atoms with Gasteiger partial charge in [0.2, 0.25) is 0 Å². The molecule has 5 heteroatoms. The van der Waals surface area contributed by atoms with Gasteiger partial charge in [-0.25, -0.2) is 4.39 Å². The number of phenols is 1. The predicted molar refractivity (Wildman–Crippen MR) is 72.0 cm³/mol. The van der Waals surface area contributed by atoms with E-state index in [1.165, 1.54) is 12.1 Å². The van der Waals surface area contributed by atoms with E-state index < -0.39 is 11.7 Å². The lowest BCUT2D eigenvalue weighted by molar-refractivity contribution is 0.0939. The second kappa shape index (κ2) is 6.24. The first kappa shape index (κ1) is 14.1. The largest absolute Gasteiger partial charge is 0.508 e. The lowest BCUT2D eigenvalue weighted by atomic mass is 9.89. The van der Waals surface area contributed by atoms with Crippen molar-refractivity contribution in [3.63, 3.8) is 0 Å². The molecule has 2 N–H and O–H groups in total. The normalized spacial score (nSPS) is 23.1. The second-order valence-corrected chi connectivity index (χ2v) is 5.61. The number of alkyl halides is 1. The fourth-order valence-electron chi connectivity index (χ4n) is 2.35. The van der Waals surface area contributed by atoms with Gasteiger partial charge < -0.3 is 10.4 Å². The number of nitrogens with one attached hydrogen (secondary N) is 1. The molecule has 0 aromatic heterocycles. The van der Waals surface area contributed by atoms with Crippen LogP contribution in [0, 0.1) is 11.7 Å². The van der Waals surface area contributed by atoms with Gasteiger partial charge in [0.05, 0.1) is 5.56 Å². The van der Waals surface area contributed by atoms with Crippen LogP contribution in [-0.4, -0.2) is 22.9 Å². The zero-order chi connectivity index (χ0) is 13.8. The van der Waals surface area contributed by atoms with Crippen molar-refractivity contribution < 1.29 is 14.3 Å². The molecular formula is C14H17ClFNO2. The fraction of sp³-hybridized carbons (Fsp3) is 0.500. The Bertz CT molecular complexity index is 459. The van der Waals surface area contributed by atoms with Crippen molar-refractivity contribution in [3.8, 4) is 5.75 Å². The molecule has 19 heavy (non-hydrogen) atoms. The Morgan fingerprint density at radius 1 is 1.37 bits per heavy atom. The molecule has 0 heterocycles. The summed E-state index contributed by atoms with van der Waals surface area (Å²) in [5.41, 5.74) is -0.0381. The van der Waals surface area contributed by atoms with Gasteiger partial charge in [0.1, 0.15) is 11.6 Å². The molecule has 0 spiro atoms. The molecule has 0 aliphatic heterocycles. The summed E-state index contributed by atoms with van der Waals surface area (Å²) in [7, 11) is 0. The van der Waals surface area contributed by atoms with E-state index in [1.54, 1.807) is 0 Å². The topological polar surface area (TPSA) is 49.3 Å². The molecule has 1 saturated carbocycles. The van der Waals surface area contributed by atoms with Crippen molar-refractivity contribution in [2.75, 3.05) is 6.54 Å². The number of aromatic hydroxyl groups is 1. The number of benzene rings is 1. The standard InChI is InChI=1S/C14H17ClFNO2/c15-10-3-1-9(2-4-10)8-17-14(19)12-6-5-11(18)7-13(12)16/h5-7,9-10,18H,1-4,8H2,(H,17,19). The van der Waals surface area contributed by atoms with Gasteiger partial charge in [-0.1, -0.05) is 0 Å². The molecule has 0 radical (unpaired) electrons. The summed E-state index contributed by atoms with van der Waals surface area (Å²) < 4.78 is 13.5. The first-order valence-electron chi connectivity index (χ1n) is 6.47. The SMILES string of the molecule is O=C(NCC1CCC(Cl)CC1)c1ccc(O)cc1F. The molecule has 2 rings (SSSR count). The third-order valence-corrected chi connectivity index (χ3v) is 3.96. The third kappa shape index (κ3) is 3.83. The molecule has 1 aromatic rings. The number of rotatable bonds is 3. The number of phenolic OH excluding ortho intramolecular Hbond substituents is 1. The first-order valence-corrected chi connectivity index (χ1v) is 6.90. The average Bonchev–Trinajstić information content (AvgIpc) is 2.37. The lowest BCUT2D eigenvalue weighted by Crippen LogP contribution is -2.31. The highest BCUT2D eigenvalue weighted by Gasteiger charge is 2.20. The minimum atomic E-state index is -0.707. The Morgan fingerprint density at radius 2 is 2.05 bits per heavy atom. The first-order chi connectivity index (χ1) is 9.06. The van der Waals surface area contributed by atoms with Gasteiger partial charge in [-0.15, -0.1) is 11.6 Å². The minimum absolute atomic E-state index is 0.0381. The van der Waals surface area contributed by atoms with Gasteiger partial charge in [-0.05, 0) is 43.7 Å². The highest BCUT2D eigenvalue weighted by atomic mass is 35.5. The van der Waals surface area contributed by atoms with Gasteiger partial charge in [-0.3, -0.25) is 4.79 Å². The van der Waals surface area contributed by atoms with Crippen LogP contribution in [0.25, 0.3) is 0 Å². The van der Waals surface area contributed by atoms with Gasteiger partial charge in [0.15, 0.2) is 0 Å². The van der Waals surface area contributed by atoms with Gasteiger partial charge in [-0.2, -0.15) is 0 Å². The number of carbonyl (C=O) groups is 1. The van der Waals surface area contributed by atoms with E-state index in [0.29, 0.717) is 12.5 Å². The summed E-state index contributed by atoms with van der Waals surface area (Å²) in [4.78, 5) is 11.8. The summed E-state index contributed by atoms with van der Waals surface area (Å²) in [6.07, 6.45) is 3.92. The van der Waals surface area contributed by atoms with E-state index in [-0.39, 0.29) is 16.7 Å². The van der Waals surface area contributed by atoms with Crippen molar-refractivity contribution in [3.05, 3.63) is 29.6 Å². The van der Waals surface area contributed by atoms with Crippen LogP contribution in [-0.2, 0) is 0 Å². The number of hydrogen-bond donors (Lipinski definition) is 2. The van der Waals surface area contributed by atoms with Crippen LogP contribution in [0.2, 0.25) is 0 Å².